The van der Waals surface area contributed by atoms with E-state index in [1.807, 2.05) is 24.0 Å². The highest BCUT2D eigenvalue weighted by Gasteiger charge is 2.21. The number of carbonyl (C=O) groups is 1. The van der Waals surface area contributed by atoms with Crippen LogP contribution in [-0.2, 0) is 16.0 Å². The minimum Gasteiger partial charge on any atom is -0.482 e. The topological polar surface area (TPSA) is 105 Å². The van der Waals surface area contributed by atoms with Crippen molar-refractivity contribution in [3.05, 3.63) is 47.7 Å². The number of benzene rings is 1. The highest BCUT2D eigenvalue weighted by atomic mass is 16.6. The molecule has 0 aliphatic rings. The third kappa shape index (κ3) is 6.63. The zero-order valence-electron chi connectivity index (χ0n) is 16.5. The van der Waals surface area contributed by atoms with E-state index in [1.165, 1.54) is 13.4 Å². The maximum absolute atomic E-state index is 11.1. The van der Waals surface area contributed by atoms with Crippen molar-refractivity contribution >= 4 is 5.97 Å². The van der Waals surface area contributed by atoms with Gasteiger partial charge in [-0.05, 0) is 31.0 Å². The van der Waals surface area contributed by atoms with Crippen LogP contribution in [0.4, 0.5) is 0 Å². The predicted molar refractivity (Wildman–Crippen MR) is 102 cm³/mol. The van der Waals surface area contributed by atoms with Crippen molar-refractivity contribution in [1.29, 1.82) is 0 Å². The summed E-state index contributed by atoms with van der Waals surface area (Å²) in [6.45, 7) is 4.41. The minimum atomic E-state index is -0.791. The molecule has 0 fully saturated rings. The Balaban J connectivity index is 1.93. The van der Waals surface area contributed by atoms with Gasteiger partial charge in [0, 0.05) is 26.1 Å². The molecule has 1 aromatic heterocycles. The molecular formula is C20H28N2O6. The Morgan fingerprint density at radius 3 is 2.61 bits per heavy atom. The molecule has 2 rings (SSSR count). The van der Waals surface area contributed by atoms with Crippen molar-refractivity contribution in [3.8, 4) is 5.75 Å². The highest BCUT2D eigenvalue weighted by molar-refractivity contribution is 5.70. The Bertz CT molecular complexity index is 731. The maximum atomic E-state index is 11.1. The van der Waals surface area contributed by atoms with Crippen LogP contribution in [0.3, 0.4) is 0 Å². The second-order valence-corrected chi connectivity index (χ2v) is 6.59. The van der Waals surface area contributed by atoms with E-state index in [2.05, 4.69) is 9.72 Å². The number of aryl methyl sites for hydroxylation is 1. The SMILES string of the molecule is COC(=O)COc1ccc(CC(C)N(CCO)CC(O)c2coc(C)n2)cc1. The summed E-state index contributed by atoms with van der Waals surface area (Å²) in [6, 6.07) is 7.54. The number of methoxy groups -OCH3 is 1. The number of hydrogen-bond acceptors (Lipinski definition) is 8. The lowest BCUT2D eigenvalue weighted by molar-refractivity contribution is -0.142. The number of aliphatic hydroxyl groups excluding tert-OH is 2. The molecule has 1 aromatic carbocycles. The second-order valence-electron chi connectivity index (χ2n) is 6.59. The fourth-order valence-electron chi connectivity index (χ4n) is 2.86. The quantitative estimate of drug-likeness (QED) is 0.554. The molecule has 0 saturated carbocycles. The molecule has 2 atom stereocenters. The standard InChI is InChI=1S/C20H28N2O6/c1-14(10-16-4-6-17(7-5-16)28-13-20(25)26-3)22(8-9-23)11-19(24)18-12-27-15(2)21-18/h4-7,12,14,19,23-24H,8-11,13H2,1-3H3. The van der Waals surface area contributed by atoms with Crippen LogP contribution in [-0.4, -0.2) is 65.5 Å². The first-order valence-electron chi connectivity index (χ1n) is 9.16. The molecule has 28 heavy (non-hydrogen) atoms. The van der Waals surface area contributed by atoms with Gasteiger partial charge in [-0.3, -0.25) is 4.90 Å². The monoisotopic (exact) mass is 392 g/mol. The van der Waals surface area contributed by atoms with Crippen LogP contribution < -0.4 is 4.74 Å². The summed E-state index contributed by atoms with van der Waals surface area (Å²) in [6.07, 6.45) is 1.39. The molecular weight excluding hydrogens is 364 g/mol. The fraction of sp³-hybridized carbons (Fsp3) is 0.500. The Hall–Kier alpha value is -2.42. The largest absolute Gasteiger partial charge is 0.482 e. The molecule has 8 heteroatoms. The molecule has 2 aromatic rings. The Labute approximate surface area is 164 Å². The first-order valence-corrected chi connectivity index (χ1v) is 9.16. The van der Waals surface area contributed by atoms with Crippen molar-refractivity contribution in [1.82, 2.24) is 9.88 Å². The van der Waals surface area contributed by atoms with Crippen LogP contribution in [0.15, 0.2) is 34.9 Å². The van der Waals surface area contributed by atoms with Gasteiger partial charge < -0.3 is 24.1 Å². The third-order valence-corrected chi connectivity index (χ3v) is 4.44. The summed E-state index contributed by atoms with van der Waals surface area (Å²) in [5.74, 6) is 0.661. The van der Waals surface area contributed by atoms with Crippen molar-refractivity contribution in [2.45, 2.75) is 32.4 Å². The number of nitrogens with zero attached hydrogens (tertiary/aromatic N) is 2. The lowest BCUT2D eigenvalue weighted by Gasteiger charge is -2.30. The number of rotatable bonds is 11. The molecule has 0 aliphatic carbocycles. The minimum absolute atomic E-state index is 0.00475. The number of aliphatic hydroxyl groups is 2. The van der Waals surface area contributed by atoms with Gasteiger partial charge in [0.05, 0.1) is 13.7 Å². The summed E-state index contributed by atoms with van der Waals surface area (Å²) >= 11 is 0. The number of esters is 1. The predicted octanol–water partition coefficient (Wildman–Crippen LogP) is 1.49. The molecule has 0 amide bonds. The molecule has 8 nitrogen and oxygen atoms in total. The molecule has 1 heterocycles. The molecule has 0 saturated heterocycles. The fourth-order valence-corrected chi connectivity index (χ4v) is 2.86. The summed E-state index contributed by atoms with van der Waals surface area (Å²) in [5.41, 5.74) is 1.56. The van der Waals surface area contributed by atoms with E-state index in [-0.39, 0.29) is 19.3 Å². The van der Waals surface area contributed by atoms with Crippen LogP contribution in [0, 0.1) is 6.92 Å². The van der Waals surface area contributed by atoms with Crippen LogP contribution in [0.1, 0.15) is 30.2 Å². The van der Waals surface area contributed by atoms with Crippen LogP contribution in [0.25, 0.3) is 0 Å². The molecule has 0 bridgehead atoms. The molecule has 0 radical (unpaired) electrons. The lowest BCUT2D eigenvalue weighted by atomic mass is 10.0. The normalized spacial score (nSPS) is 13.4. The van der Waals surface area contributed by atoms with E-state index in [9.17, 15) is 15.0 Å². The Morgan fingerprint density at radius 2 is 2.04 bits per heavy atom. The van der Waals surface area contributed by atoms with Gasteiger partial charge >= 0.3 is 5.97 Å². The molecule has 154 valence electrons. The van der Waals surface area contributed by atoms with Gasteiger partial charge in [-0.25, -0.2) is 9.78 Å². The smallest absolute Gasteiger partial charge is 0.343 e. The van der Waals surface area contributed by atoms with E-state index < -0.39 is 12.1 Å². The van der Waals surface area contributed by atoms with E-state index >= 15 is 0 Å². The lowest BCUT2D eigenvalue weighted by Crippen LogP contribution is -2.39. The summed E-state index contributed by atoms with van der Waals surface area (Å²) < 4.78 is 15.0. The van der Waals surface area contributed by atoms with E-state index in [4.69, 9.17) is 9.15 Å². The van der Waals surface area contributed by atoms with Crippen LogP contribution in [0.5, 0.6) is 5.75 Å². The van der Waals surface area contributed by atoms with Crippen molar-refractivity contribution < 1.29 is 28.9 Å². The van der Waals surface area contributed by atoms with Gasteiger partial charge in [-0.1, -0.05) is 12.1 Å². The molecule has 0 spiro atoms. The number of carbonyl (C=O) groups excluding carboxylic acids is 1. The maximum Gasteiger partial charge on any atom is 0.343 e. The third-order valence-electron chi connectivity index (χ3n) is 4.44. The zero-order chi connectivity index (χ0) is 20.5. The van der Waals surface area contributed by atoms with Gasteiger partial charge in [0.1, 0.15) is 23.8 Å². The highest BCUT2D eigenvalue weighted by Crippen LogP contribution is 2.18. The van der Waals surface area contributed by atoms with E-state index in [0.29, 0.717) is 30.4 Å². The van der Waals surface area contributed by atoms with Gasteiger partial charge in [0.15, 0.2) is 12.5 Å². The number of aromatic nitrogens is 1. The Kier molecular flexibility index (Phi) is 8.43. The number of hydrogen-bond donors (Lipinski definition) is 2. The van der Waals surface area contributed by atoms with Gasteiger partial charge in [-0.2, -0.15) is 0 Å². The van der Waals surface area contributed by atoms with Crippen LogP contribution >= 0.6 is 0 Å². The molecule has 2 N–H and O–H groups in total. The summed E-state index contributed by atoms with van der Waals surface area (Å²) in [7, 11) is 1.31. The first-order chi connectivity index (χ1) is 13.4. The molecule has 0 aliphatic heterocycles. The van der Waals surface area contributed by atoms with Crippen molar-refractivity contribution in [2.75, 3.05) is 33.4 Å². The number of ether oxygens (including phenoxy) is 2. The zero-order valence-corrected chi connectivity index (χ0v) is 16.5. The summed E-state index contributed by atoms with van der Waals surface area (Å²) in [5, 5.41) is 19.8. The number of oxazole rings is 1. The van der Waals surface area contributed by atoms with E-state index in [1.54, 1.807) is 19.1 Å². The second kappa shape index (κ2) is 10.8. The van der Waals surface area contributed by atoms with Gasteiger partial charge in [0.2, 0.25) is 0 Å². The van der Waals surface area contributed by atoms with E-state index in [0.717, 1.165) is 12.0 Å². The van der Waals surface area contributed by atoms with Gasteiger partial charge in [-0.15, -0.1) is 0 Å². The van der Waals surface area contributed by atoms with Gasteiger partial charge in [0.25, 0.3) is 0 Å². The van der Waals surface area contributed by atoms with Crippen LogP contribution in [0.2, 0.25) is 0 Å². The Morgan fingerprint density at radius 1 is 1.32 bits per heavy atom. The molecule has 2 unspecified atom stereocenters. The van der Waals surface area contributed by atoms with Crippen molar-refractivity contribution in [3.63, 3.8) is 0 Å². The summed E-state index contributed by atoms with van der Waals surface area (Å²) in [4.78, 5) is 17.3. The first kappa shape index (κ1) is 21.9. The average molecular weight is 392 g/mol. The van der Waals surface area contributed by atoms with Crippen molar-refractivity contribution in [2.24, 2.45) is 0 Å². The average Bonchev–Trinajstić information content (AvgIpc) is 3.13.